The number of phenolic OH excluding ortho intramolecular Hbond substituents is 1. The number of allylic oxidation sites excluding steroid dienone is 2. The van der Waals surface area contributed by atoms with Crippen molar-refractivity contribution in [1.82, 2.24) is 9.80 Å². The van der Waals surface area contributed by atoms with E-state index in [4.69, 9.17) is 10.5 Å². The number of phenols is 1. The summed E-state index contributed by atoms with van der Waals surface area (Å²) in [6.07, 6.45) is 9.58. The number of nitrogens with two attached hydrogens (primary N) is 1. The van der Waals surface area contributed by atoms with Crippen molar-refractivity contribution in [1.29, 1.82) is 0 Å². The van der Waals surface area contributed by atoms with Crippen LogP contribution in [-0.4, -0.2) is 46.7 Å². The molecule has 6 nitrogen and oxygen atoms in total. The molecular weight excluding hydrogens is 366 g/mol. The molecule has 0 radical (unpaired) electrons. The standard InChI is InChI=1S/C23H33N3O3/c1-4-10-25(11-5-2)23(28)26-12-8-17(9-13-26)20-14-19-18(21(15-24)29-20)7-6-16(3)22(19)27/h4-7,10-11,17,20-21,27H,8-9,12-15,24H2,1-3H3/t20-,21-/m0/s1. The molecule has 2 aliphatic rings. The Morgan fingerprint density at radius 2 is 1.93 bits per heavy atom. The number of fused-ring (bicyclic) bond motifs is 1. The molecule has 0 spiro atoms. The van der Waals surface area contributed by atoms with E-state index in [9.17, 15) is 9.90 Å². The summed E-state index contributed by atoms with van der Waals surface area (Å²) in [5.41, 5.74) is 8.84. The van der Waals surface area contributed by atoms with Crippen LogP contribution in [0.5, 0.6) is 5.75 Å². The van der Waals surface area contributed by atoms with Gasteiger partial charge in [-0.25, -0.2) is 4.79 Å². The SMILES string of the molecule is CC=CN(C=CC)C(=O)N1CCC([C@@H]2Cc3c(ccc(C)c3O)[C@H](CN)O2)CC1. The molecule has 1 aromatic rings. The number of benzene rings is 1. The first-order chi connectivity index (χ1) is 14.0. The van der Waals surface area contributed by atoms with Crippen LogP contribution in [0.15, 0.2) is 36.7 Å². The van der Waals surface area contributed by atoms with Crippen LogP contribution in [0.25, 0.3) is 0 Å². The maximum Gasteiger partial charge on any atom is 0.328 e. The zero-order valence-electron chi connectivity index (χ0n) is 17.7. The average Bonchev–Trinajstić information content (AvgIpc) is 2.75. The minimum absolute atomic E-state index is 0.00246. The molecule has 1 saturated heterocycles. The largest absolute Gasteiger partial charge is 0.507 e. The van der Waals surface area contributed by atoms with Crippen LogP contribution in [0.1, 0.15) is 49.5 Å². The highest BCUT2D eigenvalue weighted by atomic mass is 16.5. The first kappa shape index (κ1) is 21.4. The molecule has 2 heterocycles. The van der Waals surface area contributed by atoms with E-state index in [0.717, 1.165) is 29.5 Å². The van der Waals surface area contributed by atoms with Crippen molar-refractivity contribution in [3.05, 3.63) is 53.4 Å². The van der Waals surface area contributed by atoms with E-state index < -0.39 is 0 Å². The summed E-state index contributed by atoms with van der Waals surface area (Å²) in [6.45, 7) is 7.52. The summed E-state index contributed by atoms with van der Waals surface area (Å²) < 4.78 is 6.34. The number of urea groups is 1. The van der Waals surface area contributed by atoms with Gasteiger partial charge in [0.05, 0.1) is 12.2 Å². The van der Waals surface area contributed by atoms with Crippen LogP contribution in [0.4, 0.5) is 4.79 Å². The zero-order valence-corrected chi connectivity index (χ0v) is 17.7. The Morgan fingerprint density at radius 1 is 1.28 bits per heavy atom. The van der Waals surface area contributed by atoms with Gasteiger partial charge in [-0.3, -0.25) is 4.90 Å². The van der Waals surface area contributed by atoms with E-state index in [2.05, 4.69) is 0 Å². The van der Waals surface area contributed by atoms with Gasteiger partial charge in [-0.1, -0.05) is 24.3 Å². The normalized spacial score (nSPS) is 23.0. The molecule has 29 heavy (non-hydrogen) atoms. The number of nitrogens with zero attached hydrogens (tertiary/aromatic N) is 2. The number of piperidine rings is 1. The van der Waals surface area contributed by atoms with Crippen molar-refractivity contribution in [2.75, 3.05) is 19.6 Å². The van der Waals surface area contributed by atoms with Gasteiger partial charge in [-0.15, -0.1) is 0 Å². The van der Waals surface area contributed by atoms with E-state index in [1.165, 1.54) is 0 Å². The van der Waals surface area contributed by atoms with Crippen LogP contribution in [0.2, 0.25) is 0 Å². The highest BCUT2D eigenvalue weighted by molar-refractivity contribution is 5.76. The summed E-state index contributed by atoms with van der Waals surface area (Å²) in [6, 6.07) is 3.95. The fraction of sp³-hybridized carbons (Fsp3) is 0.522. The van der Waals surface area contributed by atoms with Crippen LogP contribution < -0.4 is 5.73 Å². The van der Waals surface area contributed by atoms with Crippen LogP contribution in [-0.2, 0) is 11.2 Å². The van der Waals surface area contributed by atoms with E-state index in [0.29, 0.717) is 37.7 Å². The lowest BCUT2D eigenvalue weighted by atomic mass is 9.83. The molecule has 1 aromatic carbocycles. The third-order valence-corrected chi connectivity index (χ3v) is 6.00. The van der Waals surface area contributed by atoms with E-state index in [1.807, 2.05) is 50.0 Å². The number of carbonyl (C=O) groups is 1. The number of likely N-dealkylation sites (tertiary alicyclic amines) is 1. The van der Waals surface area contributed by atoms with Gasteiger partial charge in [0, 0.05) is 44.0 Å². The molecule has 1 fully saturated rings. The predicted molar refractivity (Wildman–Crippen MR) is 114 cm³/mol. The highest BCUT2D eigenvalue weighted by Crippen LogP contribution is 2.40. The lowest BCUT2D eigenvalue weighted by molar-refractivity contribution is -0.0628. The minimum atomic E-state index is -0.185. The van der Waals surface area contributed by atoms with Crippen LogP contribution in [0.3, 0.4) is 0 Å². The molecule has 6 heteroatoms. The fourth-order valence-corrected chi connectivity index (χ4v) is 4.40. The number of rotatable bonds is 4. The molecule has 0 bridgehead atoms. The molecule has 0 aliphatic carbocycles. The molecule has 158 valence electrons. The summed E-state index contributed by atoms with van der Waals surface area (Å²) in [5, 5.41) is 10.6. The Kier molecular flexibility index (Phi) is 6.98. The Labute approximate surface area is 173 Å². The Hall–Kier alpha value is -2.31. The summed E-state index contributed by atoms with van der Waals surface area (Å²) in [4.78, 5) is 16.3. The van der Waals surface area contributed by atoms with Gasteiger partial charge < -0.3 is 20.5 Å². The quantitative estimate of drug-likeness (QED) is 0.806. The number of aryl methyl sites for hydroxylation is 1. The summed E-state index contributed by atoms with van der Waals surface area (Å²) in [5.74, 6) is 0.716. The number of aromatic hydroxyl groups is 1. The third-order valence-electron chi connectivity index (χ3n) is 6.00. The van der Waals surface area contributed by atoms with Crippen LogP contribution >= 0.6 is 0 Å². The van der Waals surface area contributed by atoms with Crippen LogP contribution in [0, 0.1) is 12.8 Å². The van der Waals surface area contributed by atoms with E-state index in [1.54, 1.807) is 17.3 Å². The monoisotopic (exact) mass is 399 g/mol. The highest BCUT2D eigenvalue weighted by Gasteiger charge is 2.36. The number of carbonyl (C=O) groups excluding carboxylic acids is 1. The predicted octanol–water partition coefficient (Wildman–Crippen LogP) is 3.84. The maximum atomic E-state index is 12.8. The molecule has 0 aromatic heterocycles. The average molecular weight is 400 g/mol. The topological polar surface area (TPSA) is 79.0 Å². The molecule has 2 atom stereocenters. The second kappa shape index (κ2) is 9.46. The summed E-state index contributed by atoms with van der Waals surface area (Å²) >= 11 is 0. The van der Waals surface area contributed by atoms with Gasteiger partial charge in [0.25, 0.3) is 0 Å². The lowest BCUT2D eigenvalue weighted by Crippen LogP contribution is -2.46. The second-order valence-corrected chi connectivity index (χ2v) is 7.88. The Morgan fingerprint density at radius 3 is 2.52 bits per heavy atom. The molecule has 2 aliphatic heterocycles. The molecular formula is C23H33N3O3. The van der Waals surface area contributed by atoms with Crippen molar-refractivity contribution in [2.24, 2.45) is 11.7 Å². The van der Waals surface area contributed by atoms with Crippen molar-refractivity contribution in [2.45, 2.75) is 52.2 Å². The molecule has 3 rings (SSSR count). The third kappa shape index (κ3) is 4.49. The first-order valence-electron chi connectivity index (χ1n) is 10.5. The van der Waals surface area contributed by atoms with Crippen molar-refractivity contribution in [3.63, 3.8) is 0 Å². The number of hydrogen-bond donors (Lipinski definition) is 2. The number of ether oxygens (including phenoxy) is 1. The Balaban J connectivity index is 1.68. The van der Waals surface area contributed by atoms with Gasteiger partial charge in [0.15, 0.2) is 0 Å². The van der Waals surface area contributed by atoms with E-state index >= 15 is 0 Å². The second-order valence-electron chi connectivity index (χ2n) is 7.88. The smallest absolute Gasteiger partial charge is 0.328 e. The van der Waals surface area contributed by atoms with Gasteiger partial charge in [0.1, 0.15) is 5.75 Å². The molecule has 3 N–H and O–H groups in total. The van der Waals surface area contributed by atoms with E-state index in [-0.39, 0.29) is 18.2 Å². The van der Waals surface area contributed by atoms with Crippen molar-refractivity contribution >= 4 is 6.03 Å². The molecule has 0 saturated carbocycles. The summed E-state index contributed by atoms with van der Waals surface area (Å²) in [7, 11) is 0. The minimum Gasteiger partial charge on any atom is -0.507 e. The Bertz CT molecular complexity index is 770. The number of amides is 2. The van der Waals surface area contributed by atoms with Gasteiger partial charge >= 0.3 is 6.03 Å². The zero-order chi connectivity index (χ0) is 21.0. The van der Waals surface area contributed by atoms with Crippen molar-refractivity contribution in [3.8, 4) is 5.75 Å². The molecule has 2 amide bonds. The van der Waals surface area contributed by atoms with Crippen molar-refractivity contribution < 1.29 is 14.6 Å². The number of hydrogen-bond acceptors (Lipinski definition) is 4. The van der Waals surface area contributed by atoms with Gasteiger partial charge in [-0.2, -0.15) is 0 Å². The fourth-order valence-electron chi connectivity index (χ4n) is 4.40. The van der Waals surface area contributed by atoms with Gasteiger partial charge in [-0.05, 0) is 50.7 Å². The molecule has 0 unspecified atom stereocenters. The lowest BCUT2D eigenvalue weighted by Gasteiger charge is -2.41. The maximum absolute atomic E-state index is 12.8. The first-order valence-corrected chi connectivity index (χ1v) is 10.5. The van der Waals surface area contributed by atoms with Gasteiger partial charge in [0.2, 0.25) is 0 Å².